The summed E-state index contributed by atoms with van der Waals surface area (Å²) in [7, 11) is 0. The maximum absolute atomic E-state index is 12.8. The van der Waals surface area contributed by atoms with Crippen LogP contribution in [0.3, 0.4) is 0 Å². The highest BCUT2D eigenvalue weighted by molar-refractivity contribution is 8.01. The third-order valence-electron chi connectivity index (χ3n) is 5.05. The molecule has 2 atom stereocenters. The van der Waals surface area contributed by atoms with Crippen LogP contribution >= 0.6 is 34.9 Å². The Morgan fingerprint density at radius 1 is 1.35 bits per heavy atom. The number of hydrogen-bond donors (Lipinski definition) is 4. The van der Waals surface area contributed by atoms with Gasteiger partial charge in [0.15, 0.2) is 0 Å². The molecule has 2 aromatic rings. The molecule has 34 heavy (non-hydrogen) atoms. The van der Waals surface area contributed by atoms with Crippen LogP contribution in [-0.2, 0) is 32.1 Å². The number of aromatic nitrogens is 4. The molecule has 1 saturated heterocycles. The number of carboxylic acid groups (broad SMARTS) is 1. The fraction of sp³-hybridized carbons (Fsp3) is 0.389. The number of aromatic hydroxyl groups is 1. The maximum Gasteiger partial charge on any atom is 0.352 e. The second-order valence-electron chi connectivity index (χ2n) is 7.31. The first-order chi connectivity index (χ1) is 16.3. The van der Waals surface area contributed by atoms with Crippen LogP contribution in [-0.4, -0.2) is 81.9 Å². The monoisotopic (exact) mass is 525 g/mol. The third kappa shape index (κ3) is 4.88. The van der Waals surface area contributed by atoms with E-state index in [9.17, 15) is 29.4 Å². The first-order valence-electron chi connectivity index (χ1n) is 9.88. The van der Waals surface area contributed by atoms with E-state index in [4.69, 9.17) is 5.73 Å². The van der Waals surface area contributed by atoms with E-state index in [0.29, 0.717) is 21.4 Å². The number of nitrogens with one attached hydrogen (secondary N) is 1. The largest absolute Gasteiger partial charge is 0.507 e. The zero-order valence-electron chi connectivity index (χ0n) is 17.4. The Hall–Kier alpha value is -3.11. The number of β-lactam (4-membered cyclic amide) rings is 1. The van der Waals surface area contributed by atoms with Gasteiger partial charge in [-0.25, -0.2) is 9.48 Å². The van der Waals surface area contributed by atoms with Crippen LogP contribution < -0.4 is 11.1 Å². The number of amides is 3. The number of thioether (sulfide) groups is 2. The molecule has 16 heteroatoms. The maximum atomic E-state index is 12.8. The van der Waals surface area contributed by atoms with Crippen LogP contribution in [0.15, 0.2) is 27.9 Å². The molecule has 0 aromatic carbocycles. The first-order valence-corrected chi connectivity index (χ1v) is 12.8. The summed E-state index contributed by atoms with van der Waals surface area (Å²) < 4.78 is 1.40. The lowest BCUT2D eigenvalue weighted by atomic mass is 10.0. The van der Waals surface area contributed by atoms with Crippen LogP contribution in [0.4, 0.5) is 0 Å². The predicted octanol–water partition coefficient (Wildman–Crippen LogP) is -0.611. The Morgan fingerprint density at radius 2 is 2.15 bits per heavy atom. The average molecular weight is 526 g/mol. The van der Waals surface area contributed by atoms with E-state index in [2.05, 4.69) is 20.8 Å². The van der Waals surface area contributed by atoms with Gasteiger partial charge < -0.3 is 21.3 Å². The number of carbonyl (C=O) groups excluding carboxylic acids is 3. The Bertz CT molecular complexity index is 1180. The highest BCUT2D eigenvalue weighted by Gasteiger charge is 2.54. The fourth-order valence-electron chi connectivity index (χ4n) is 3.44. The zero-order valence-corrected chi connectivity index (χ0v) is 19.9. The molecule has 13 nitrogen and oxygen atoms in total. The lowest BCUT2D eigenvalue weighted by Gasteiger charge is -2.49. The molecule has 0 saturated carbocycles. The van der Waals surface area contributed by atoms with Crippen LogP contribution in [0.25, 0.3) is 0 Å². The van der Waals surface area contributed by atoms with E-state index in [1.165, 1.54) is 50.5 Å². The van der Waals surface area contributed by atoms with E-state index < -0.39 is 35.1 Å². The summed E-state index contributed by atoms with van der Waals surface area (Å²) in [5.74, 6) is -2.10. The number of hydrogen-bond acceptors (Lipinski definition) is 11. The first kappa shape index (κ1) is 24.0. The fourth-order valence-corrected chi connectivity index (χ4v) is 6.59. The van der Waals surface area contributed by atoms with Crippen LogP contribution in [0.5, 0.6) is 5.75 Å². The minimum atomic E-state index is -1.24. The highest BCUT2D eigenvalue weighted by atomic mass is 32.2. The SMILES string of the molecule is NC(=O)CCn1nnnc1SCC1=C(C(=O)O)N2C(=O)C(NC(=O)Cc3sccc3O)[C@H]2SC1. The van der Waals surface area contributed by atoms with Crippen LogP contribution in [0, 0.1) is 0 Å². The van der Waals surface area contributed by atoms with Crippen LogP contribution in [0.2, 0.25) is 0 Å². The van der Waals surface area contributed by atoms with Gasteiger partial charge in [0.05, 0.1) is 17.8 Å². The molecule has 0 bridgehead atoms. The van der Waals surface area contributed by atoms with Crippen molar-refractivity contribution in [3.63, 3.8) is 0 Å². The van der Waals surface area contributed by atoms with Crippen molar-refractivity contribution >= 4 is 58.6 Å². The number of nitrogens with two attached hydrogens (primary N) is 1. The van der Waals surface area contributed by atoms with Crippen molar-refractivity contribution < 1.29 is 29.4 Å². The van der Waals surface area contributed by atoms with E-state index in [-0.39, 0.29) is 36.6 Å². The second kappa shape index (κ2) is 10.0. The molecule has 2 aliphatic heterocycles. The lowest BCUT2D eigenvalue weighted by molar-refractivity contribution is -0.150. The number of nitrogens with zero attached hydrogens (tertiary/aromatic N) is 5. The molecule has 2 aliphatic rings. The quantitative estimate of drug-likeness (QED) is 0.228. The van der Waals surface area contributed by atoms with Crippen molar-refractivity contribution in [2.24, 2.45) is 5.73 Å². The van der Waals surface area contributed by atoms with Gasteiger partial charge in [-0.3, -0.25) is 19.3 Å². The molecule has 180 valence electrons. The molecule has 0 aliphatic carbocycles. The lowest BCUT2D eigenvalue weighted by Crippen LogP contribution is -2.70. The predicted molar refractivity (Wildman–Crippen MR) is 122 cm³/mol. The zero-order chi connectivity index (χ0) is 24.4. The van der Waals surface area contributed by atoms with Gasteiger partial charge in [-0.1, -0.05) is 11.8 Å². The summed E-state index contributed by atoms with van der Waals surface area (Å²) in [6, 6.07) is 0.643. The van der Waals surface area contributed by atoms with E-state index in [1.807, 2.05) is 0 Å². The molecule has 0 radical (unpaired) electrons. The molecule has 0 spiro atoms. The van der Waals surface area contributed by atoms with E-state index >= 15 is 0 Å². The third-order valence-corrected chi connectivity index (χ3v) is 8.35. The van der Waals surface area contributed by atoms with Crippen molar-refractivity contribution in [2.45, 2.75) is 36.0 Å². The molecular formula is C18H19N7O6S3. The number of tetrazole rings is 1. The van der Waals surface area contributed by atoms with Gasteiger partial charge in [-0.05, 0) is 27.4 Å². The standard InChI is InChI=1S/C18H19N7O6S3/c19-11(27)1-3-24-18(21-22-23-24)34-7-8-6-33-16-13(15(29)25(16)14(8)17(30)31)20-12(28)5-10-9(26)2-4-32-10/h2,4,13,16,26H,1,3,5-7H2,(H2,19,27)(H,20,28)(H,30,31)/t13?,16-/m1/s1. The Kier molecular flexibility index (Phi) is 7.08. The van der Waals surface area contributed by atoms with Gasteiger partial charge >= 0.3 is 5.97 Å². The van der Waals surface area contributed by atoms with Crippen LogP contribution in [0.1, 0.15) is 11.3 Å². The molecule has 2 aromatic heterocycles. The van der Waals surface area contributed by atoms with E-state index in [0.717, 1.165) is 0 Å². The number of primary amides is 1. The normalized spacial score (nSPS) is 19.5. The van der Waals surface area contributed by atoms with Crippen molar-refractivity contribution in [1.29, 1.82) is 0 Å². The smallest absolute Gasteiger partial charge is 0.352 e. The Morgan fingerprint density at radius 3 is 2.82 bits per heavy atom. The number of aryl methyl sites for hydroxylation is 1. The minimum Gasteiger partial charge on any atom is -0.507 e. The highest BCUT2D eigenvalue weighted by Crippen LogP contribution is 2.41. The molecule has 4 heterocycles. The summed E-state index contributed by atoms with van der Waals surface area (Å²) in [6.07, 6.45) is -0.0145. The summed E-state index contributed by atoms with van der Waals surface area (Å²) >= 11 is 3.77. The Labute approximate surface area is 204 Å². The molecule has 1 unspecified atom stereocenters. The van der Waals surface area contributed by atoms with Crippen molar-refractivity contribution in [3.05, 3.63) is 27.6 Å². The van der Waals surface area contributed by atoms with Crippen molar-refractivity contribution in [1.82, 2.24) is 30.4 Å². The summed E-state index contributed by atoms with van der Waals surface area (Å²) in [4.78, 5) is 49.8. The van der Waals surface area contributed by atoms with Crippen molar-refractivity contribution in [2.75, 3.05) is 11.5 Å². The molecule has 3 amide bonds. The number of rotatable bonds is 10. The summed E-state index contributed by atoms with van der Waals surface area (Å²) in [6.45, 7) is 0.196. The van der Waals surface area contributed by atoms with Gasteiger partial charge in [0.1, 0.15) is 22.9 Å². The van der Waals surface area contributed by atoms with E-state index in [1.54, 1.807) is 5.38 Å². The van der Waals surface area contributed by atoms with Crippen molar-refractivity contribution in [3.8, 4) is 5.75 Å². The van der Waals surface area contributed by atoms with Gasteiger partial charge in [-0.15, -0.1) is 28.2 Å². The topological polar surface area (TPSA) is 194 Å². The number of thiophene rings is 1. The van der Waals surface area contributed by atoms with Gasteiger partial charge in [0, 0.05) is 17.9 Å². The van der Waals surface area contributed by atoms with Gasteiger partial charge in [0.25, 0.3) is 5.91 Å². The molecule has 5 N–H and O–H groups in total. The Balaban J connectivity index is 1.42. The summed E-state index contributed by atoms with van der Waals surface area (Å²) in [5.41, 5.74) is 5.56. The van der Waals surface area contributed by atoms with Gasteiger partial charge in [-0.2, -0.15) is 0 Å². The molecular weight excluding hydrogens is 506 g/mol. The second-order valence-corrected chi connectivity index (χ2v) is 10.4. The molecule has 1 fully saturated rings. The number of carboxylic acids is 1. The summed E-state index contributed by atoms with van der Waals surface area (Å²) in [5, 5.41) is 34.9. The molecule has 4 rings (SSSR count). The van der Waals surface area contributed by atoms with Gasteiger partial charge in [0.2, 0.25) is 17.0 Å². The minimum absolute atomic E-state index is 0.0210. The average Bonchev–Trinajstić information content (AvgIpc) is 3.42. The number of aliphatic carboxylic acids is 1. The number of fused-ring (bicyclic) bond motifs is 1. The number of carbonyl (C=O) groups is 4.